The second-order valence-corrected chi connectivity index (χ2v) is 6.09. The number of aryl methyl sites for hydroxylation is 3. The normalized spacial score (nSPS) is 11.5. The lowest BCUT2D eigenvalue weighted by Gasteiger charge is -2.11. The number of H-pyrrole nitrogens is 1. The summed E-state index contributed by atoms with van der Waals surface area (Å²) in [6.45, 7) is 5.21. The first-order valence-electron chi connectivity index (χ1n) is 5.72. The third-order valence-electron chi connectivity index (χ3n) is 2.87. The minimum absolute atomic E-state index is 0.174. The molecule has 6 nitrogen and oxygen atoms in total. The number of aromatic nitrogens is 2. The molecule has 0 aliphatic rings. The third kappa shape index (κ3) is 2.55. The summed E-state index contributed by atoms with van der Waals surface area (Å²) in [5.74, 6) is 0. The zero-order valence-electron chi connectivity index (χ0n) is 11.0. The van der Waals surface area contributed by atoms with E-state index in [0.717, 1.165) is 0 Å². The Kier molecular flexibility index (Phi) is 3.23. The minimum atomic E-state index is -3.67. The highest BCUT2D eigenvalue weighted by Crippen LogP contribution is 2.24. The van der Waals surface area contributed by atoms with Crippen molar-refractivity contribution in [3.63, 3.8) is 0 Å². The Balaban J connectivity index is 2.47. The number of nitrogen functional groups attached to an aromatic ring is 1. The number of nitrogens with one attached hydrogen (secondary N) is 2. The molecule has 0 aliphatic carbocycles. The summed E-state index contributed by atoms with van der Waals surface area (Å²) in [4.78, 5) is 0.174. The van der Waals surface area contributed by atoms with Crippen molar-refractivity contribution in [2.24, 2.45) is 0 Å². The number of benzene rings is 1. The van der Waals surface area contributed by atoms with Crippen LogP contribution in [0.5, 0.6) is 0 Å². The van der Waals surface area contributed by atoms with Crippen LogP contribution < -0.4 is 10.5 Å². The maximum Gasteiger partial charge on any atom is 0.262 e. The van der Waals surface area contributed by atoms with Gasteiger partial charge in [-0.3, -0.25) is 9.82 Å². The number of aromatic amines is 1. The van der Waals surface area contributed by atoms with Gasteiger partial charge in [-0.2, -0.15) is 5.10 Å². The van der Waals surface area contributed by atoms with Gasteiger partial charge in [-0.25, -0.2) is 8.42 Å². The molecule has 1 heterocycles. The van der Waals surface area contributed by atoms with Gasteiger partial charge in [-0.05, 0) is 38.5 Å². The maximum atomic E-state index is 12.4. The van der Waals surface area contributed by atoms with Crippen LogP contribution in [0.3, 0.4) is 0 Å². The fourth-order valence-corrected chi connectivity index (χ4v) is 3.26. The Bertz CT molecular complexity index is 700. The van der Waals surface area contributed by atoms with E-state index in [4.69, 9.17) is 5.73 Å². The molecular weight excluding hydrogens is 264 g/mol. The molecule has 0 aliphatic heterocycles. The SMILES string of the molecule is Cc1ccc(N)cc1S(=O)(=O)Nc1c(C)n[nH]c1C. The first kappa shape index (κ1) is 13.4. The molecule has 1 aromatic carbocycles. The van der Waals surface area contributed by atoms with Crippen LogP contribution in [-0.4, -0.2) is 18.6 Å². The van der Waals surface area contributed by atoms with E-state index in [1.54, 1.807) is 32.9 Å². The van der Waals surface area contributed by atoms with Crippen LogP contribution in [0.15, 0.2) is 23.1 Å². The van der Waals surface area contributed by atoms with Crippen molar-refractivity contribution in [1.29, 1.82) is 0 Å². The van der Waals surface area contributed by atoms with Crippen molar-refractivity contribution in [1.82, 2.24) is 10.2 Å². The lowest BCUT2D eigenvalue weighted by atomic mass is 10.2. The lowest BCUT2D eigenvalue weighted by molar-refractivity contribution is 0.600. The molecule has 102 valence electrons. The molecule has 2 rings (SSSR count). The molecule has 4 N–H and O–H groups in total. The summed E-state index contributed by atoms with van der Waals surface area (Å²) in [6.07, 6.45) is 0. The van der Waals surface area contributed by atoms with Gasteiger partial charge >= 0.3 is 0 Å². The van der Waals surface area contributed by atoms with Crippen LogP contribution >= 0.6 is 0 Å². The van der Waals surface area contributed by atoms with Gasteiger partial charge in [0.05, 0.1) is 22.0 Å². The summed E-state index contributed by atoms with van der Waals surface area (Å²) in [5, 5.41) is 6.69. The van der Waals surface area contributed by atoms with Crippen molar-refractivity contribution in [3.8, 4) is 0 Å². The Morgan fingerprint density at radius 1 is 1.26 bits per heavy atom. The average molecular weight is 280 g/mol. The first-order chi connectivity index (χ1) is 8.81. The van der Waals surface area contributed by atoms with Gasteiger partial charge in [0.25, 0.3) is 10.0 Å². The third-order valence-corrected chi connectivity index (χ3v) is 4.36. The van der Waals surface area contributed by atoms with Gasteiger partial charge in [0.15, 0.2) is 0 Å². The quantitative estimate of drug-likeness (QED) is 0.745. The van der Waals surface area contributed by atoms with Crippen molar-refractivity contribution < 1.29 is 8.42 Å². The largest absolute Gasteiger partial charge is 0.399 e. The van der Waals surface area contributed by atoms with Crippen LogP contribution in [0.4, 0.5) is 11.4 Å². The zero-order chi connectivity index (χ0) is 14.2. The van der Waals surface area contributed by atoms with Gasteiger partial charge in [0.2, 0.25) is 0 Å². The average Bonchev–Trinajstić information content (AvgIpc) is 2.63. The predicted octanol–water partition coefficient (Wildman–Crippen LogP) is 1.72. The highest BCUT2D eigenvalue weighted by atomic mass is 32.2. The maximum absolute atomic E-state index is 12.4. The smallest absolute Gasteiger partial charge is 0.262 e. The van der Waals surface area contributed by atoms with Gasteiger partial charge in [0.1, 0.15) is 0 Å². The molecule has 0 spiro atoms. The van der Waals surface area contributed by atoms with E-state index in [1.807, 2.05) is 0 Å². The van der Waals surface area contributed by atoms with Crippen molar-refractivity contribution in [2.45, 2.75) is 25.7 Å². The van der Waals surface area contributed by atoms with Crippen LogP contribution in [-0.2, 0) is 10.0 Å². The van der Waals surface area contributed by atoms with E-state index in [9.17, 15) is 8.42 Å². The summed E-state index contributed by atoms with van der Waals surface area (Å²) < 4.78 is 27.3. The van der Waals surface area contributed by atoms with E-state index in [2.05, 4.69) is 14.9 Å². The fraction of sp³-hybridized carbons (Fsp3) is 0.250. The zero-order valence-corrected chi connectivity index (χ0v) is 11.8. The lowest BCUT2D eigenvalue weighted by Crippen LogP contribution is -2.15. The summed E-state index contributed by atoms with van der Waals surface area (Å²) >= 11 is 0. The van der Waals surface area contributed by atoms with E-state index in [-0.39, 0.29) is 4.90 Å². The summed E-state index contributed by atoms with van der Waals surface area (Å²) in [7, 11) is -3.67. The van der Waals surface area contributed by atoms with Crippen LogP contribution in [0.2, 0.25) is 0 Å². The number of hydrogen-bond acceptors (Lipinski definition) is 4. The Morgan fingerprint density at radius 2 is 1.95 bits per heavy atom. The molecule has 7 heteroatoms. The standard InChI is InChI=1S/C12H16N4O2S/c1-7-4-5-10(13)6-11(7)19(17,18)16-12-8(2)14-15-9(12)3/h4-6,16H,13H2,1-3H3,(H,14,15). The molecule has 0 amide bonds. The summed E-state index contributed by atoms with van der Waals surface area (Å²) in [5.41, 5.74) is 8.44. The number of rotatable bonds is 3. The highest BCUT2D eigenvalue weighted by Gasteiger charge is 2.20. The number of nitrogens with zero attached hydrogens (tertiary/aromatic N) is 1. The van der Waals surface area contributed by atoms with Crippen LogP contribution in [0.25, 0.3) is 0 Å². The molecule has 0 atom stereocenters. The predicted molar refractivity (Wildman–Crippen MR) is 74.5 cm³/mol. The van der Waals surface area contributed by atoms with E-state index in [1.165, 1.54) is 6.07 Å². The van der Waals surface area contributed by atoms with Gasteiger partial charge in [-0.15, -0.1) is 0 Å². The van der Waals surface area contributed by atoms with Crippen molar-refractivity contribution >= 4 is 21.4 Å². The Labute approximate surface area is 112 Å². The second kappa shape index (κ2) is 4.58. The molecule has 0 bridgehead atoms. The first-order valence-corrected chi connectivity index (χ1v) is 7.20. The van der Waals surface area contributed by atoms with Crippen molar-refractivity contribution in [2.75, 3.05) is 10.5 Å². The number of sulfonamides is 1. The van der Waals surface area contributed by atoms with Crippen LogP contribution in [0, 0.1) is 20.8 Å². The molecule has 0 saturated carbocycles. The molecule has 1 aromatic heterocycles. The van der Waals surface area contributed by atoms with Gasteiger partial charge in [0, 0.05) is 5.69 Å². The fourth-order valence-electron chi connectivity index (χ4n) is 1.80. The topological polar surface area (TPSA) is 101 Å². The van der Waals surface area contributed by atoms with E-state index in [0.29, 0.717) is 28.3 Å². The monoisotopic (exact) mass is 280 g/mol. The van der Waals surface area contributed by atoms with E-state index >= 15 is 0 Å². The second-order valence-electron chi connectivity index (χ2n) is 4.44. The number of anilines is 2. The molecule has 0 unspecified atom stereocenters. The molecular formula is C12H16N4O2S. The van der Waals surface area contributed by atoms with Crippen LogP contribution in [0.1, 0.15) is 17.0 Å². The molecule has 0 saturated heterocycles. The van der Waals surface area contributed by atoms with E-state index < -0.39 is 10.0 Å². The van der Waals surface area contributed by atoms with Gasteiger partial charge in [-0.1, -0.05) is 6.07 Å². The Hall–Kier alpha value is -2.02. The number of hydrogen-bond donors (Lipinski definition) is 3. The molecule has 0 radical (unpaired) electrons. The molecule has 19 heavy (non-hydrogen) atoms. The Morgan fingerprint density at radius 3 is 2.53 bits per heavy atom. The molecule has 0 fully saturated rings. The molecule has 2 aromatic rings. The van der Waals surface area contributed by atoms with Crippen molar-refractivity contribution in [3.05, 3.63) is 35.2 Å². The minimum Gasteiger partial charge on any atom is -0.399 e. The van der Waals surface area contributed by atoms with Gasteiger partial charge < -0.3 is 5.73 Å². The highest BCUT2D eigenvalue weighted by molar-refractivity contribution is 7.92. The number of nitrogens with two attached hydrogens (primary N) is 1. The summed E-state index contributed by atoms with van der Waals surface area (Å²) in [6, 6.07) is 4.80.